The number of hydrogen-bond acceptors (Lipinski definition) is 3. The SMILES string of the molecule is C#Cc1ccccc1NC(=O)c1cnc(Cl)nc1Cl. The Morgan fingerprint density at radius 1 is 1.32 bits per heavy atom. The van der Waals surface area contributed by atoms with Crippen LogP contribution in [0.15, 0.2) is 30.5 Å². The predicted octanol–water partition coefficient (Wildman–Crippen LogP) is 3.02. The first-order valence-electron chi connectivity index (χ1n) is 5.17. The molecule has 2 rings (SSSR count). The van der Waals surface area contributed by atoms with Gasteiger partial charge in [-0.15, -0.1) is 6.42 Å². The van der Waals surface area contributed by atoms with E-state index in [1.54, 1.807) is 24.3 Å². The molecule has 1 amide bonds. The van der Waals surface area contributed by atoms with Gasteiger partial charge in [0.05, 0.1) is 11.3 Å². The van der Waals surface area contributed by atoms with Crippen LogP contribution >= 0.6 is 23.2 Å². The number of terminal acetylenes is 1. The van der Waals surface area contributed by atoms with E-state index < -0.39 is 5.91 Å². The molecule has 0 aliphatic heterocycles. The molecule has 0 fully saturated rings. The molecule has 1 aromatic carbocycles. The summed E-state index contributed by atoms with van der Waals surface area (Å²) in [6.45, 7) is 0. The van der Waals surface area contributed by atoms with E-state index in [1.165, 1.54) is 6.20 Å². The zero-order valence-electron chi connectivity index (χ0n) is 9.52. The van der Waals surface area contributed by atoms with Crippen molar-refractivity contribution in [2.24, 2.45) is 0 Å². The molecular weight excluding hydrogens is 285 g/mol. The number of nitrogens with zero attached hydrogens (tertiary/aromatic N) is 2. The summed E-state index contributed by atoms with van der Waals surface area (Å²) in [7, 11) is 0. The topological polar surface area (TPSA) is 54.9 Å². The Hall–Kier alpha value is -2.09. The van der Waals surface area contributed by atoms with Crippen LogP contribution in [0.2, 0.25) is 10.4 Å². The van der Waals surface area contributed by atoms with Gasteiger partial charge in [-0.1, -0.05) is 29.7 Å². The van der Waals surface area contributed by atoms with Crippen molar-refractivity contribution in [3.8, 4) is 12.3 Å². The molecule has 1 heterocycles. The van der Waals surface area contributed by atoms with Crippen molar-refractivity contribution in [3.63, 3.8) is 0 Å². The van der Waals surface area contributed by atoms with Crippen LogP contribution in [0.5, 0.6) is 0 Å². The van der Waals surface area contributed by atoms with E-state index in [9.17, 15) is 4.79 Å². The van der Waals surface area contributed by atoms with E-state index >= 15 is 0 Å². The number of carbonyl (C=O) groups is 1. The molecule has 19 heavy (non-hydrogen) atoms. The highest BCUT2D eigenvalue weighted by atomic mass is 35.5. The third-order valence-electron chi connectivity index (χ3n) is 2.29. The third-order valence-corrected chi connectivity index (χ3v) is 2.76. The Morgan fingerprint density at radius 3 is 2.74 bits per heavy atom. The molecule has 0 unspecified atom stereocenters. The minimum Gasteiger partial charge on any atom is -0.321 e. The average Bonchev–Trinajstić information content (AvgIpc) is 2.39. The lowest BCUT2D eigenvalue weighted by molar-refractivity contribution is 0.102. The van der Waals surface area contributed by atoms with Gasteiger partial charge in [0.1, 0.15) is 5.15 Å². The highest BCUT2D eigenvalue weighted by Gasteiger charge is 2.14. The Balaban J connectivity index is 2.29. The van der Waals surface area contributed by atoms with Gasteiger partial charge in [0.2, 0.25) is 5.28 Å². The molecule has 0 saturated heterocycles. The summed E-state index contributed by atoms with van der Waals surface area (Å²) < 4.78 is 0. The third kappa shape index (κ3) is 3.02. The molecule has 1 aromatic heterocycles. The van der Waals surface area contributed by atoms with E-state index in [4.69, 9.17) is 29.6 Å². The number of benzene rings is 1. The first-order valence-corrected chi connectivity index (χ1v) is 5.92. The number of amides is 1. The fourth-order valence-corrected chi connectivity index (χ4v) is 1.79. The van der Waals surface area contributed by atoms with Crippen LogP contribution in [0.1, 0.15) is 15.9 Å². The normalized spacial score (nSPS) is 9.74. The number of carbonyl (C=O) groups excluding carboxylic acids is 1. The molecule has 0 spiro atoms. The van der Waals surface area contributed by atoms with Crippen molar-refractivity contribution < 1.29 is 4.79 Å². The van der Waals surface area contributed by atoms with Gasteiger partial charge in [0.15, 0.2) is 0 Å². The van der Waals surface area contributed by atoms with Crippen LogP contribution in [-0.2, 0) is 0 Å². The Bertz CT molecular complexity index is 680. The molecular formula is C13H7Cl2N3O. The monoisotopic (exact) mass is 291 g/mol. The van der Waals surface area contributed by atoms with E-state index in [2.05, 4.69) is 21.2 Å². The average molecular weight is 292 g/mol. The molecule has 4 nitrogen and oxygen atoms in total. The number of hydrogen-bond donors (Lipinski definition) is 1. The van der Waals surface area contributed by atoms with Crippen molar-refractivity contribution in [2.45, 2.75) is 0 Å². The van der Waals surface area contributed by atoms with Gasteiger partial charge in [0.25, 0.3) is 5.91 Å². The maximum absolute atomic E-state index is 12.0. The van der Waals surface area contributed by atoms with Crippen LogP contribution < -0.4 is 5.32 Å². The second-order valence-corrected chi connectivity index (χ2v) is 4.18. The maximum atomic E-state index is 12.0. The van der Waals surface area contributed by atoms with Crippen LogP contribution in [0.3, 0.4) is 0 Å². The number of anilines is 1. The minimum atomic E-state index is -0.454. The van der Waals surface area contributed by atoms with Crippen molar-refractivity contribution in [1.29, 1.82) is 0 Å². The lowest BCUT2D eigenvalue weighted by Gasteiger charge is -2.07. The first kappa shape index (κ1) is 13.3. The second kappa shape index (κ2) is 5.70. The molecule has 6 heteroatoms. The Labute approximate surface area is 119 Å². The smallest absolute Gasteiger partial charge is 0.260 e. The van der Waals surface area contributed by atoms with E-state index in [0.29, 0.717) is 11.3 Å². The number of para-hydroxylation sites is 1. The number of halogens is 2. The summed E-state index contributed by atoms with van der Waals surface area (Å²) >= 11 is 11.4. The number of nitrogens with one attached hydrogen (secondary N) is 1. The number of aromatic nitrogens is 2. The fourth-order valence-electron chi connectivity index (χ4n) is 1.40. The van der Waals surface area contributed by atoms with Gasteiger partial charge in [-0.2, -0.15) is 0 Å². The highest BCUT2D eigenvalue weighted by molar-refractivity contribution is 6.34. The predicted molar refractivity (Wildman–Crippen MR) is 74.4 cm³/mol. The number of rotatable bonds is 2. The summed E-state index contributed by atoms with van der Waals surface area (Å²) in [6, 6.07) is 6.95. The van der Waals surface area contributed by atoms with Gasteiger partial charge >= 0.3 is 0 Å². The minimum absolute atomic E-state index is 0.0179. The molecule has 94 valence electrons. The van der Waals surface area contributed by atoms with Gasteiger partial charge in [-0.3, -0.25) is 4.79 Å². The van der Waals surface area contributed by atoms with Crippen LogP contribution in [-0.4, -0.2) is 15.9 Å². The molecule has 0 aliphatic rings. The van der Waals surface area contributed by atoms with E-state index in [-0.39, 0.29) is 16.0 Å². The Kier molecular flexibility index (Phi) is 4.00. The summed E-state index contributed by atoms with van der Waals surface area (Å²) in [4.78, 5) is 19.4. The van der Waals surface area contributed by atoms with Crippen molar-refractivity contribution in [1.82, 2.24) is 9.97 Å². The Morgan fingerprint density at radius 2 is 2.05 bits per heavy atom. The summed E-state index contributed by atoms with van der Waals surface area (Å²) in [5, 5.41) is 2.61. The van der Waals surface area contributed by atoms with Crippen molar-refractivity contribution in [3.05, 3.63) is 52.0 Å². The zero-order valence-corrected chi connectivity index (χ0v) is 11.0. The van der Waals surface area contributed by atoms with E-state index in [0.717, 1.165) is 0 Å². The quantitative estimate of drug-likeness (QED) is 0.526. The van der Waals surface area contributed by atoms with Crippen molar-refractivity contribution >= 4 is 34.8 Å². The van der Waals surface area contributed by atoms with Gasteiger partial charge in [-0.05, 0) is 23.7 Å². The summed E-state index contributed by atoms with van der Waals surface area (Å²) in [5.41, 5.74) is 1.21. The summed E-state index contributed by atoms with van der Waals surface area (Å²) in [5.74, 6) is 2.02. The first-order chi connectivity index (χ1) is 9.11. The summed E-state index contributed by atoms with van der Waals surface area (Å²) in [6.07, 6.45) is 6.60. The van der Waals surface area contributed by atoms with E-state index in [1.807, 2.05) is 0 Å². The second-order valence-electron chi connectivity index (χ2n) is 3.49. The standard InChI is InChI=1S/C13H7Cl2N3O/c1-2-8-5-3-4-6-10(8)17-12(19)9-7-16-13(15)18-11(9)14/h1,3-7H,(H,17,19). The molecule has 0 saturated carbocycles. The largest absolute Gasteiger partial charge is 0.321 e. The highest BCUT2D eigenvalue weighted by Crippen LogP contribution is 2.18. The van der Waals surface area contributed by atoms with Gasteiger partial charge in [0, 0.05) is 11.8 Å². The van der Waals surface area contributed by atoms with Crippen LogP contribution in [0, 0.1) is 12.3 Å². The van der Waals surface area contributed by atoms with Crippen molar-refractivity contribution in [2.75, 3.05) is 5.32 Å². The van der Waals surface area contributed by atoms with Crippen LogP contribution in [0.25, 0.3) is 0 Å². The molecule has 0 radical (unpaired) electrons. The lowest BCUT2D eigenvalue weighted by atomic mass is 10.2. The molecule has 0 bridgehead atoms. The molecule has 0 aliphatic carbocycles. The zero-order chi connectivity index (χ0) is 13.8. The maximum Gasteiger partial charge on any atom is 0.260 e. The fraction of sp³-hybridized carbons (Fsp3) is 0. The molecule has 0 atom stereocenters. The molecule has 2 aromatic rings. The lowest BCUT2D eigenvalue weighted by Crippen LogP contribution is -2.14. The molecule has 1 N–H and O–H groups in total. The van der Waals surface area contributed by atoms with Gasteiger partial charge < -0.3 is 5.32 Å². The van der Waals surface area contributed by atoms with Crippen LogP contribution in [0.4, 0.5) is 5.69 Å². The van der Waals surface area contributed by atoms with Gasteiger partial charge in [-0.25, -0.2) is 9.97 Å².